The van der Waals surface area contributed by atoms with Crippen LogP contribution in [-0.4, -0.2) is 30.6 Å². The van der Waals surface area contributed by atoms with Crippen LogP contribution in [0, 0.1) is 0 Å². The molecule has 0 saturated heterocycles. The lowest BCUT2D eigenvalue weighted by Crippen LogP contribution is -2.16. The van der Waals surface area contributed by atoms with E-state index in [-0.39, 0.29) is 0 Å². The Morgan fingerprint density at radius 1 is 1.25 bits per heavy atom. The summed E-state index contributed by atoms with van der Waals surface area (Å²) >= 11 is 1.72. The largest absolute Gasteiger partial charge is 0.497 e. The van der Waals surface area contributed by atoms with Gasteiger partial charge in [0.15, 0.2) is 5.13 Å². The van der Waals surface area contributed by atoms with Crippen LogP contribution < -0.4 is 10.1 Å². The van der Waals surface area contributed by atoms with E-state index in [0.29, 0.717) is 0 Å². The predicted octanol–water partition coefficient (Wildman–Crippen LogP) is 3.22. The molecule has 1 aromatic carbocycles. The van der Waals surface area contributed by atoms with Gasteiger partial charge in [-0.25, -0.2) is 4.98 Å². The summed E-state index contributed by atoms with van der Waals surface area (Å²) in [5.74, 6) is 0.897. The number of anilines is 1. The van der Waals surface area contributed by atoms with E-state index in [1.54, 1.807) is 18.4 Å². The van der Waals surface area contributed by atoms with Gasteiger partial charge in [-0.15, -0.1) is 11.3 Å². The van der Waals surface area contributed by atoms with Gasteiger partial charge in [-0.2, -0.15) is 0 Å². The van der Waals surface area contributed by atoms with Gasteiger partial charge in [-0.05, 0) is 31.7 Å². The molecular formula is C15H21N3OS. The lowest BCUT2D eigenvalue weighted by molar-refractivity contribution is 0.321. The number of aromatic nitrogens is 1. The van der Waals surface area contributed by atoms with Gasteiger partial charge in [0.1, 0.15) is 5.75 Å². The van der Waals surface area contributed by atoms with Crippen molar-refractivity contribution in [2.24, 2.45) is 0 Å². The van der Waals surface area contributed by atoms with E-state index in [9.17, 15) is 0 Å². The maximum absolute atomic E-state index is 5.17. The first kappa shape index (κ1) is 14.8. The van der Waals surface area contributed by atoms with Gasteiger partial charge in [0.05, 0.1) is 7.11 Å². The number of nitrogens with zero attached hydrogens (tertiary/aromatic N) is 2. The van der Waals surface area contributed by atoms with Gasteiger partial charge in [0, 0.05) is 30.7 Å². The molecule has 2 aromatic rings. The molecule has 0 fully saturated rings. The Hall–Kier alpha value is -1.59. The van der Waals surface area contributed by atoms with Crippen molar-refractivity contribution in [3.05, 3.63) is 40.9 Å². The van der Waals surface area contributed by atoms with E-state index < -0.39 is 0 Å². The minimum absolute atomic E-state index is 0.897. The second-order valence-corrected chi connectivity index (χ2v) is 5.80. The first-order valence-corrected chi connectivity index (χ1v) is 7.53. The fourth-order valence-corrected chi connectivity index (χ4v) is 2.94. The predicted molar refractivity (Wildman–Crippen MR) is 84.4 cm³/mol. The molecule has 0 unspecified atom stereocenters. The standard InChI is InChI=1S/C15H21N3OS/c1-4-16-15-17-9-14(20-15)11-18(2)10-12-5-7-13(19-3)8-6-12/h5-9H,4,10-11H2,1-3H3,(H,16,17). The lowest BCUT2D eigenvalue weighted by atomic mass is 10.2. The molecule has 20 heavy (non-hydrogen) atoms. The zero-order valence-corrected chi connectivity index (χ0v) is 13.0. The molecule has 0 bridgehead atoms. The van der Waals surface area contributed by atoms with E-state index in [4.69, 9.17) is 4.74 Å². The molecule has 0 amide bonds. The van der Waals surface area contributed by atoms with Crippen LogP contribution in [-0.2, 0) is 13.1 Å². The van der Waals surface area contributed by atoms with Crippen molar-refractivity contribution in [3.8, 4) is 5.75 Å². The summed E-state index contributed by atoms with van der Waals surface area (Å²) in [5.41, 5.74) is 1.28. The second kappa shape index (κ2) is 7.26. The quantitative estimate of drug-likeness (QED) is 0.850. The van der Waals surface area contributed by atoms with E-state index >= 15 is 0 Å². The molecule has 2 rings (SSSR count). The van der Waals surface area contributed by atoms with Crippen LogP contribution in [0.3, 0.4) is 0 Å². The molecule has 4 nitrogen and oxygen atoms in total. The molecule has 1 N–H and O–H groups in total. The average molecular weight is 291 g/mol. The number of rotatable bonds is 7. The van der Waals surface area contributed by atoms with Gasteiger partial charge >= 0.3 is 0 Å². The summed E-state index contributed by atoms with van der Waals surface area (Å²) in [6.07, 6.45) is 1.95. The number of nitrogens with one attached hydrogen (secondary N) is 1. The topological polar surface area (TPSA) is 37.4 Å². The Balaban J connectivity index is 1.88. The summed E-state index contributed by atoms with van der Waals surface area (Å²) in [7, 11) is 3.81. The third-order valence-corrected chi connectivity index (χ3v) is 3.86. The molecule has 5 heteroatoms. The highest BCUT2D eigenvalue weighted by Crippen LogP contribution is 2.20. The highest BCUT2D eigenvalue weighted by molar-refractivity contribution is 7.15. The van der Waals surface area contributed by atoms with Crippen molar-refractivity contribution in [2.45, 2.75) is 20.0 Å². The Bertz CT molecular complexity index is 524. The number of benzene rings is 1. The number of thiazole rings is 1. The first-order chi connectivity index (χ1) is 9.71. The minimum atomic E-state index is 0.897. The van der Waals surface area contributed by atoms with E-state index in [0.717, 1.165) is 30.5 Å². The number of methoxy groups -OCH3 is 1. The highest BCUT2D eigenvalue weighted by atomic mass is 32.1. The molecule has 108 valence electrons. The zero-order valence-electron chi connectivity index (χ0n) is 12.2. The molecule has 0 spiro atoms. The van der Waals surface area contributed by atoms with Gasteiger partial charge in [0.2, 0.25) is 0 Å². The first-order valence-electron chi connectivity index (χ1n) is 6.71. The molecule has 0 aliphatic rings. The van der Waals surface area contributed by atoms with Gasteiger partial charge in [-0.3, -0.25) is 4.90 Å². The molecule has 0 aliphatic heterocycles. The second-order valence-electron chi connectivity index (χ2n) is 4.68. The maximum atomic E-state index is 5.17. The molecule has 1 aromatic heterocycles. The fraction of sp³-hybridized carbons (Fsp3) is 0.400. The highest BCUT2D eigenvalue weighted by Gasteiger charge is 2.06. The fourth-order valence-electron chi connectivity index (χ4n) is 1.98. The van der Waals surface area contributed by atoms with Crippen LogP contribution in [0.5, 0.6) is 5.75 Å². The molecule has 0 saturated carbocycles. The van der Waals surface area contributed by atoms with Gasteiger partial charge < -0.3 is 10.1 Å². The number of hydrogen-bond donors (Lipinski definition) is 1. The Kier molecular flexibility index (Phi) is 5.38. The molecule has 0 radical (unpaired) electrons. The third-order valence-electron chi connectivity index (χ3n) is 2.92. The van der Waals surface area contributed by atoms with Crippen molar-refractivity contribution >= 4 is 16.5 Å². The van der Waals surface area contributed by atoms with E-state index in [1.807, 2.05) is 18.3 Å². The SMILES string of the molecule is CCNc1ncc(CN(C)Cc2ccc(OC)cc2)s1. The van der Waals surface area contributed by atoms with Gasteiger partial charge in [0.25, 0.3) is 0 Å². The van der Waals surface area contributed by atoms with Crippen molar-refractivity contribution in [2.75, 3.05) is 26.0 Å². The number of ether oxygens (including phenoxy) is 1. The maximum Gasteiger partial charge on any atom is 0.182 e. The number of hydrogen-bond acceptors (Lipinski definition) is 5. The smallest absolute Gasteiger partial charge is 0.182 e. The van der Waals surface area contributed by atoms with E-state index in [1.165, 1.54) is 10.4 Å². The summed E-state index contributed by atoms with van der Waals surface area (Å²) in [4.78, 5) is 7.91. The molecular weight excluding hydrogens is 270 g/mol. The zero-order chi connectivity index (χ0) is 14.4. The molecule has 1 heterocycles. The Morgan fingerprint density at radius 3 is 2.65 bits per heavy atom. The van der Waals surface area contributed by atoms with Crippen molar-refractivity contribution in [3.63, 3.8) is 0 Å². The van der Waals surface area contributed by atoms with Crippen molar-refractivity contribution in [1.29, 1.82) is 0 Å². The monoisotopic (exact) mass is 291 g/mol. The Labute approximate surface area is 124 Å². The summed E-state index contributed by atoms with van der Waals surface area (Å²) in [6, 6.07) is 8.20. The normalized spacial score (nSPS) is 10.8. The van der Waals surface area contributed by atoms with Crippen LogP contribution in [0.4, 0.5) is 5.13 Å². The summed E-state index contributed by atoms with van der Waals surface area (Å²) < 4.78 is 5.17. The molecule has 0 atom stereocenters. The van der Waals surface area contributed by atoms with Crippen LogP contribution in [0.2, 0.25) is 0 Å². The average Bonchev–Trinajstić information content (AvgIpc) is 2.87. The van der Waals surface area contributed by atoms with Crippen molar-refractivity contribution < 1.29 is 4.74 Å². The lowest BCUT2D eigenvalue weighted by Gasteiger charge is -2.15. The summed E-state index contributed by atoms with van der Waals surface area (Å²) in [5, 5.41) is 4.24. The Morgan fingerprint density at radius 2 is 2.00 bits per heavy atom. The van der Waals surface area contributed by atoms with E-state index in [2.05, 4.69) is 41.3 Å². The van der Waals surface area contributed by atoms with Crippen LogP contribution >= 0.6 is 11.3 Å². The molecule has 0 aliphatic carbocycles. The van der Waals surface area contributed by atoms with Crippen LogP contribution in [0.25, 0.3) is 0 Å². The van der Waals surface area contributed by atoms with Crippen LogP contribution in [0.15, 0.2) is 30.5 Å². The van der Waals surface area contributed by atoms with Crippen molar-refractivity contribution in [1.82, 2.24) is 9.88 Å². The minimum Gasteiger partial charge on any atom is -0.497 e. The van der Waals surface area contributed by atoms with Crippen LogP contribution in [0.1, 0.15) is 17.4 Å². The summed E-state index contributed by atoms with van der Waals surface area (Å²) in [6.45, 7) is 4.82. The third kappa shape index (κ3) is 4.21. The van der Waals surface area contributed by atoms with Gasteiger partial charge in [-0.1, -0.05) is 12.1 Å².